The molecular formula is C12H16N2O3. The normalized spacial score (nSPS) is 16.9. The van der Waals surface area contributed by atoms with Crippen molar-refractivity contribution in [1.82, 2.24) is 4.98 Å². The quantitative estimate of drug-likeness (QED) is 0.859. The molecule has 2 rings (SSSR count). The first-order valence-corrected chi connectivity index (χ1v) is 5.68. The Kier molecular flexibility index (Phi) is 3.46. The Balaban J connectivity index is 1.97. The summed E-state index contributed by atoms with van der Waals surface area (Å²) in [5, 5.41) is 8.91. The van der Waals surface area contributed by atoms with E-state index in [9.17, 15) is 4.79 Å². The molecule has 2 heterocycles. The van der Waals surface area contributed by atoms with Gasteiger partial charge in [-0.15, -0.1) is 0 Å². The van der Waals surface area contributed by atoms with Gasteiger partial charge in [-0.25, -0.2) is 4.98 Å². The SMILES string of the molecule is COc1ccc(N2CCC(C(=O)O)CC2)nc1. The van der Waals surface area contributed by atoms with Gasteiger partial charge >= 0.3 is 5.97 Å². The molecule has 0 saturated carbocycles. The minimum absolute atomic E-state index is 0.204. The van der Waals surface area contributed by atoms with E-state index in [2.05, 4.69) is 9.88 Å². The Bertz CT molecular complexity index is 383. The maximum Gasteiger partial charge on any atom is 0.306 e. The van der Waals surface area contributed by atoms with Crippen molar-refractivity contribution in [3.05, 3.63) is 18.3 Å². The lowest BCUT2D eigenvalue weighted by Crippen LogP contribution is -2.36. The highest BCUT2D eigenvalue weighted by Crippen LogP contribution is 2.23. The lowest BCUT2D eigenvalue weighted by Gasteiger charge is -2.30. The summed E-state index contributed by atoms with van der Waals surface area (Å²) in [6.45, 7) is 1.49. The number of anilines is 1. The second-order valence-corrected chi connectivity index (χ2v) is 4.16. The van der Waals surface area contributed by atoms with Gasteiger partial charge in [-0.2, -0.15) is 0 Å². The molecule has 0 atom stereocenters. The molecule has 1 fully saturated rings. The number of pyridine rings is 1. The average molecular weight is 236 g/mol. The summed E-state index contributed by atoms with van der Waals surface area (Å²) in [4.78, 5) is 17.2. The van der Waals surface area contributed by atoms with Gasteiger partial charge in [-0.05, 0) is 25.0 Å². The first-order chi connectivity index (χ1) is 8.20. The summed E-state index contributed by atoms with van der Waals surface area (Å²) in [5.74, 6) is 0.723. The number of aliphatic carboxylic acids is 1. The fourth-order valence-corrected chi connectivity index (χ4v) is 2.04. The lowest BCUT2D eigenvalue weighted by molar-refractivity contribution is -0.142. The summed E-state index contributed by atoms with van der Waals surface area (Å²) < 4.78 is 5.05. The first-order valence-electron chi connectivity index (χ1n) is 5.68. The number of rotatable bonds is 3. The van der Waals surface area contributed by atoms with Crippen LogP contribution in [0.15, 0.2) is 18.3 Å². The van der Waals surface area contributed by atoms with E-state index >= 15 is 0 Å². The summed E-state index contributed by atoms with van der Waals surface area (Å²) in [7, 11) is 1.61. The van der Waals surface area contributed by atoms with Crippen LogP contribution in [0.2, 0.25) is 0 Å². The average Bonchev–Trinajstić information content (AvgIpc) is 2.39. The third-order valence-corrected chi connectivity index (χ3v) is 3.12. The Labute approximate surface area is 100 Å². The fourth-order valence-electron chi connectivity index (χ4n) is 2.04. The van der Waals surface area contributed by atoms with Crippen molar-refractivity contribution < 1.29 is 14.6 Å². The van der Waals surface area contributed by atoms with Crippen LogP contribution in [0.4, 0.5) is 5.82 Å². The van der Waals surface area contributed by atoms with Gasteiger partial charge in [-0.1, -0.05) is 0 Å². The van der Waals surface area contributed by atoms with E-state index in [0.29, 0.717) is 12.8 Å². The third kappa shape index (κ3) is 2.67. The largest absolute Gasteiger partial charge is 0.495 e. The molecule has 0 bridgehead atoms. The number of carboxylic acids is 1. The predicted octanol–water partition coefficient (Wildman–Crippen LogP) is 1.39. The first kappa shape index (κ1) is 11.7. The van der Waals surface area contributed by atoms with E-state index in [4.69, 9.17) is 9.84 Å². The molecule has 92 valence electrons. The van der Waals surface area contributed by atoms with Gasteiger partial charge in [0.25, 0.3) is 0 Å². The molecule has 5 heteroatoms. The van der Waals surface area contributed by atoms with Gasteiger partial charge in [0, 0.05) is 13.1 Å². The summed E-state index contributed by atoms with van der Waals surface area (Å²) in [5.41, 5.74) is 0. The number of carbonyl (C=O) groups is 1. The molecule has 1 saturated heterocycles. The van der Waals surface area contributed by atoms with Crippen LogP contribution in [0.25, 0.3) is 0 Å². The smallest absolute Gasteiger partial charge is 0.306 e. The van der Waals surface area contributed by atoms with Crippen molar-refractivity contribution in [2.75, 3.05) is 25.1 Å². The summed E-state index contributed by atoms with van der Waals surface area (Å²) in [6.07, 6.45) is 3.05. The summed E-state index contributed by atoms with van der Waals surface area (Å²) in [6, 6.07) is 3.77. The molecule has 0 unspecified atom stereocenters. The van der Waals surface area contributed by atoms with E-state index < -0.39 is 5.97 Å². The highest BCUT2D eigenvalue weighted by molar-refractivity contribution is 5.70. The number of hydrogen-bond donors (Lipinski definition) is 1. The standard InChI is InChI=1S/C12H16N2O3/c1-17-10-2-3-11(13-8-10)14-6-4-9(5-7-14)12(15)16/h2-3,8-9H,4-7H2,1H3,(H,15,16). The number of methoxy groups -OCH3 is 1. The molecule has 0 aromatic carbocycles. The van der Waals surface area contributed by atoms with Crippen molar-refractivity contribution >= 4 is 11.8 Å². The van der Waals surface area contributed by atoms with Crippen LogP contribution in [0.5, 0.6) is 5.75 Å². The lowest BCUT2D eigenvalue weighted by atomic mass is 9.97. The van der Waals surface area contributed by atoms with Gasteiger partial charge < -0.3 is 14.7 Å². The second-order valence-electron chi connectivity index (χ2n) is 4.16. The van der Waals surface area contributed by atoms with Crippen LogP contribution in [0.3, 0.4) is 0 Å². The number of nitrogens with zero attached hydrogens (tertiary/aromatic N) is 2. The van der Waals surface area contributed by atoms with E-state index in [1.165, 1.54) is 0 Å². The maximum atomic E-state index is 10.8. The van der Waals surface area contributed by atoms with Crippen LogP contribution < -0.4 is 9.64 Å². The molecular weight excluding hydrogens is 220 g/mol. The number of hydrogen-bond acceptors (Lipinski definition) is 4. The number of carboxylic acid groups (broad SMARTS) is 1. The van der Waals surface area contributed by atoms with E-state index in [1.807, 2.05) is 12.1 Å². The zero-order valence-corrected chi connectivity index (χ0v) is 9.80. The molecule has 0 aliphatic carbocycles. The molecule has 17 heavy (non-hydrogen) atoms. The molecule has 5 nitrogen and oxygen atoms in total. The topological polar surface area (TPSA) is 62.7 Å². The molecule has 1 aliphatic heterocycles. The zero-order valence-electron chi connectivity index (χ0n) is 9.80. The van der Waals surface area contributed by atoms with Crippen LogP contribution in [-0.2, 0) is 4.79 Å². The minimum atomic E-state index is -0.688. The Morgan fingerprint density at radius 2 is 2.18 bits per heavy atom. The molecule has 1 N–H and O–H groups in total. The van der Waals surface area contributed by atoms with Gasteiger partial charge in [0.05, 0.1) is 19.2 Å². The molecule has 1 aromatic heterocycles. The van der Waals surface area contributed by atoms with Crippen molar-refractivity contribution in [2.45, 2.75) is 12.8 Å². The van der Waals surface area contributed by atoms with E-state index in [-0.39, 0.29) is 5.92 Å². The van der Waals surface area contributed by atoms with Crippen LogP contribution in [-0.4, -0.2) is 36.3 Å². The number of ether oxygens (including phenoxy) is 1. The molecule has 1 aromatic rings. The van der Waals surface area contributed by atoms with Gasteiger partial charge in [0.2, 0.25) is 0 Å². The van der Waals surface area contributed by atoms with Gasteiger partial charge in [0.1, 0.15) is 11.6 Å². The van der Waals surface area contributed by atoms with Crippen molar-refractivity contribution in [3.8, 4) is 5.75 Å². The van der Waals surface area contributed by atoms with E-state index in [0.717, 1.165) is 24.7 Å². The Morgan fingerprint density at radius 3 is 2.65 bits per heavy atom. The predicted molar refractivity (Wildman–Crippen MR) is 63.4 cm³/mol. The number of aromatic nitrogens is 1. The van der Waals surface area contributed by atoms with Crippen LogP contribution >= 0.6 is 0 Å². The van der Waals surface area contributed by atoms with Crippen molar-refractivity contribution in [1.29, 1.82) is 0 Å². The monoisotopic (exact) mass is 236 g/mol. The van der Waals surface area contributed by atoms with Gasteiger partial charge in [0.15, 0.2) is 0 Å². The van der Waals surface area contributed by atoms with Crippen LogP contribution in [0, 0.1) is 5.92 Å². The number of piperidine rings is 1. The summed E-state index contributed by atoms with van der Waals surface area (Å²) >= 11 is 0. The fraction of sp³-hybridized carbons (Fsp3) is 0.500. The highest BCUT2D eigenvalue weighted by Gasteiger charge is 2.24. The van der Waals surface area contributed by atoms with Crippen molar-refractivity contribution in [2.24, 2.45) is 5.92 Å². The molecule has 0 amide bonds. The van der Waals surface area contributed by atoms with Crippen LogP contribution in [0.1, 0.15) is 12.8 Å². The molecule has 1 aliphatic rings. The molecule has 0 spiro atoms. The minimum Gasteiger partial charge on any atom is -0.495 e. The Morgan fingerprint density at radius 1 is 1.47 bits per heavy atom. The Hall–Kier alpha value is -1.78. The zero-order chi connectivity index (χ0) is 12.3. The van der Waals surface area contributed by atoms with Gasteiger partial charge in [-0.3, -0.25) is 4.79 Å². The third-order valence-electron chi connectivity index (χ3n) is 3.12. The van der Waals surface area contributed by atoms with Crippen molar-refractivity contribution in [3.63, 3.8) is 0 Å². The highest BCUT2D eigenvalue weighted by atomic mass is 16.5. The maximum absolute atomic E-state index is 10.8. The van der Waals surface area contributed by atoms with E-state index in [1.54, 1.807) is 13.3 Å². The molecule has 0 radical (unpaired) electrons. The second kappa shape index (κ2) is 5.03.